The Bertz CT molecular complexity index is 532. The van der Waals surface area contributed by atoms with E-state index < -0.39 is 11.4 Å². The number of carboxylic acids is 1. The quantitative estimate of drug-likeness (QED) is 0.804. The molecule has 0 bridgehead atoms. The molecule has 1 amide bonds. The number of rotatable bonds is 7. The van der Waals surface area contributed by atoms with Crippen LogP contribution in [-0.2, 0) is 9.59 Å². The van der Waals surface area contributed by atoms with Crippen LogP contribution in [0, 0.1) is 5.41 Å². The fourth-order valence-corrected chi connectivity index (χ4v) is 1.60. The van der Waals surface area contributed by atoms with E-state index in [1.807, 2.05) is 0 Å². The molecule has 0 unspecified atom stereocenters. The lowest BCUT2D eigenvalue weighted by Crippen LogP contribution is -2.39. The first-order valence-corrected chi connectivity index (χ1v) is 7.06. The lowest BCUT2D eigenvalue weighted by Gasteiger charge is -2.19. The molecule has 0 aliphatic heterocycles. The number of hydrogen-bond acceptors (Lipinski definition) is 3. The summed E-state index contributed by atoms with van der Waals surface area (Å²) in [4.78, 5) is 22.5. The molecule has 0 fully saturated rings. The van der Waals surface area contributed by atoms with Gasteiger partial charge in [-0.05, 0) is 26.0 Å². The van der Waals surface area contributed by atoms with E-state index in [9.17, 15) is 9.59 Å². The third-order valence-electron chi connectivity index (χ3n) is 2.80. The monoisotopic (exact) mass is 333 g/mol. The second-order valence-corrected chi connectivity index (χ2v) is 5.95. The maximum Gasteiger partial charge on any atom is 0.310 e. The first-order valence-electron chi connectivity index (χ1n) is 6.30. The molecule has 0 radical (unpaired) electrons. The average Bonchev–Trinajstić information content (AvgIpc) is 2.40. The predicted molar refractivity (Wildman–Crippen MR) is 81.0 cm³/mol. The van der Waals surface area contributed by atoms with Gasteiger partial charge in [-0.2, -0.15) is 0 Å². The zero-order valence-corrected chi connectivity index (χ0v) is 13.3. The van der Waals surface area contributed by atoms with Crippen LogP contribution in [0.25, 0.3) is 0 Å². The molecular weight excluding hydrogens is 317 g/mol. The van der Waals surface area contributed by atoms with Gasteiger partial charge in [0.15, 0.2) is 0 Å². The number of hydrogen-bond donors (Lipinski definition) is 2. The van der Waals surface area contributed by atoms with Crippen LogP contribution in [0.5, 0.6) is 5.75 Å². The summed E-state index contributed by atoms with van der Waals surface area (Å²) in [5.74, 6) is -0.720. The Morgan fingerprint density at radius 1 is 1.29 bits per heavy atom. The minimum atomic E-state index is -1.000. The number of aliphatic carboxylic acids is 1. The zero-order valence-electron chi connectivity index (χ0n) is 11.8. The SMILES string of the molecule is CC(C)(CNC(=O)CCOc1ccc(Cl)c(Cl)c1)C(=O)O. The third kappa shape index (κ3) is 5.81. The molecule has 0 spiro atoms. The van der Waals surface area contributed by atoms with E-state index in [1.54, 1.807) is 32.0 Å². The fraction of sp³-hybridized carbons (Fsp3) is 0.429. The van der Waals surface area contributed by atoms with Gasteiger partial charge in [-0.25, -0.2) is 0 Å². The summed E-state index contributed by atoms with van der Waals surface area (Å²) in [5.41, 5.74) is -1.000. The Labute approximate surface area is 133 Å². The largest absolute Gasteiger partial charge is 0.493 e. The molecule has 21 heavy (non-hydrogen) atoms. The molecule has 0 aliphatic rings. The van der Waals surface area contributed by atoms with Crippen LogP contribution in [-0.4, -0.2) is 30.1 Å². The van der Waals surface area contributed by atoms with Gasteiger partial charge in [0.05, 0.1) is 28.5 Å². The van der Waals surface area contributed by atoms with E-state index in [1.165, 1.54) is 0 Å². The number of halogens is 2. The van der Waals surface area contributed by atoms with Crippen molar-refractivity contribution in [2.24, 2.45) is 5.41 Å². The van der Waals surface area contributed by atoms with E-state index in [-0.39, 0.29) is 25.5 Å². The summed E-state index contributed by atoms with van der Waals surface area (Å²) in [6.45, 7) is 3.31. The molecule has 0 heterocycles. The van der Waals surface area contributed by atoms with Crippen molar-refractivity contribution in [1.29, 1.82) is 0 Å². The Morgan fingerprint density at radius 2 is 1.95 bits per heavy atom. The van der Waals surface area contributed by atoms with Crippen molar-refractivity contribution in [3.63, 3.8) is 0 Å². The van der Waals surface area contributed by atoms with Crippen molar-refractivity contribution in [2.75, 3.05) is 13.2 Å². The minimum Gasteiger partial charge on any atom is -0.493 e. The predicted octanol–water partition coefficient (Wildman–Crippen LogP) is 2.99. The Balaban J connectivity index is 2.34. The number of benzene rings is 1. The van der Waals surface area contributed by atoms with E-state index in [0.29, 0.717) is 15.8 Å². The van der Waals surface area contributed by atoms with Gasteiger partial charge in [0.2, 0.25) is 5.91 Å². The summed E-state index contributed by atoms with van der Waals surface area (Å²) in [6.07, 6.45) is 0.121. The molecule has 1 aromatic rings. The lowest BCUT2D eigenvalue weighted by atomic mass is 9.94. The summed E-state index contributed by atoms with van der Waals surface area (Å²) < 4.78 is 5.37. The molecule has 2 N–H and O–H groups in total. The number of ether oxygens (including phenoxy) is 1. The molecular formula is C14H17Cl2NO4. The standard InChI is InChI=1S/C14H17Cl2NO4/c1-14(2,13(19)20)8-17-12(18)5-6-21-9-3-4-10(15)11(16)7-9/h3-4,7H,5-6,8H2,1-2H3,(H,17,18)(H,19,20). The first kappa shape index (κ1) is 17.6. The summed E-state index contributed by atoms with van der Waals surface area (Å²) in [7, 11) is 0. The smallest absolute Gasteiger partial charge is 0.310 e. The summed E-state index contributed by atoms with van der Waals surface area (Å²) in [6, 6.07) is 4.82. The van der Waals surface area contributed by atoms with Gasteiger partial charge < -0.3 is 15.2 Å². The first-order chi connectivity index (χ1) is 9.72. The van der Waals surface area contributed by atoms with Gasteiger partial charge in [-0.3, -0.25) is 9.59 Å². The molecule has 0 aromatic heterocycles. The van der Waals surface area contributed by atoms with Crippen LogP contribution in [0.4, 0.5) is 0 Å². The number of nitrogens with one attached hydrogen (secondary N) is 1. The van der Waals surface area contributed by atoms with Crippen LogP contribution in [0.1, 0.15) is 20.3 Å². The van der Waals surface area contributed by atoms with Gasteiger partial charge in [-0.15, -0.1) is 0 Å². The van der Waals surface area contributed by atoms with Crippen molar-refractivity contribution in [1.82, 2.24) is 5.32 Å². The van der Waals surface area contributed by atoms with E-state index in [4.69, 9.17) is 33.0 Å². The van der Waals surface area contributed by atoms with Crippen molar-refractivity contribution < 1.29 is 19.4 Å². The molecule has 1 aromatic carbocycles. The molecule has 7 heteroatoms. The topological polar surface area (TPSA) is 75.6 Å². The molecule has 0 aliphatic carbocycles. The highest BCUT2D eigenvalue weighted by molar-refractivity contribution is 6.42. The molecule has 0 saturated carbocycles. The van der Waals surface area contributed by atoms with Gasteiger partial charge in [0.1, 0.15) is 5.75 Å². The fourth-order valence-electron chi connectivity index (χ4n) is 1.31. The van der Waals surface area contributed by atoms with Gasteiger partial charge in [0.25, 0.3) is 0 Å². The second-order valence-electron chi connectivity index (χ2n) is 5.14. The van der Waals surface area contributed by atoms with Crippen molar-refractivity contribution in [3.05, 3.63) is 28.2 Å². The van der Waals surface area contributed by atoms with Crippen LogP contribution in [0.3, 0.4) is 0 Å². The second kappa shape index (κ2) is 7.52. The maximum atomic E-state index is 11.6. The molecule has 1 rings (SSSR count). The molecule has 0 saturated heterocycles. The summed E-state index contributed by atoms with van der Waals surface area (Å²) in [5, 5.41) is 12.3. The Morgan fingerprint density at radius 3 is 2.52 bits per heavy atom. The van der Waals surface area contributed by atoms with E-state index in [2.05, 4.69) is 5.32 Å². The number of carbonyl (C=O) groups is 2. The Kier molecular flexibility index (Phi) is 6.30. The van der Waals surface area contributed by atoms with Crippen LogP contribution >= 0.6 is 23.2 Å². The van der Waals surface area contributed by atoms with Gasteiger partial charge >= 0.3 is 5.97 Å². The molecule has 116 valence electrons. The number of carbonyl (C=O) groups excluding carboxylic acids is 1. The minimum absolute atomic E-state index is 0.0634. The summed E-state index contributed by atoms with van der Waals surface area (Å²) >= 11 is 11.6. The zero-order chi connectivity index (χ0) is 16.0. The van der Waals surface area contributed by atoms with E-state index in [0.717, 1.165) is 0 Å². The average molecular weight is 334 g/mol. The number of carboxylic acid groups (broad SMARTS) is 1. The van der Waals surface area contributed by atoms with Crippen molar-refractivity contribution in [3.8, 4) is 5.75 Å². The highest BCUT2D eigenvalue weighted by Crippen LogP contribution is 2.26. The normalized spacial score (nSPS) is 11.0. The van der Waals surface area contributed by atoms with Crippen LogP contribution < -0.4 is 10.1 Å². The maximum absolute atomic E-state index is 11.6. The van der Waals surface area contributed by atoms with Crippen molar-refractivity contribution >= 4 is 35.1 Å². The van der Waals surface area contributed by atoms with E-state index >= 15 is 0 Å². The Hall–Kier alpha value is -1.46. The van der Waals surface area contributed by atoms with Gasteiger partial charge in [-0.1, -0.05) is 23.2 Å². The number of amides is 1. The lowest BCUT2D eigenvalue weighted by molar-refractivity contribution is -0.146. The third-order valence-corrected chi connectivity index (χ3v) is 3.53. The van der Waals surface area contributed by atoms with Crippen LogP contribution in [0.2, 0.25) is 10.0 Å². The highest BCUT2D eigenvalue weighted by Gasteiger charge is 2.27. The van der Waals surface area contributed by atoms with Crippen LogP contribution in [0.15, 0.2) is 18.2 Å². The molecule has 5 nitrogen and oxygen atoms in total. The van der Waals surface area contributed by atoms with Gasteiger partial charge in [0, 0.05) is 12.6 Å². The molecule has 0 atom stereocenters. The van der Waals surface area contributed by atoms with Crippen molar-refractivity contribution in [2.45, 2.75) is 20.3 Å². The highest BCUT2D eigenvalue weighted by atomic mass is 35.5.